The van der Waals surface area contributed by atoms with Crippen LogP contribution in [0.1, 0.15) is 30.5 Å². The summed E-state index contributed by atoms with van der Waals surface area (Å²) in [7, 11) is 0. The van der Waals surface area contributed by atoms with Crippen LogP contribution < -0.4 is 15.2 Å². The minimum atomic E-state index is -0.287. The summed E-state index contributed by atoms with van der Waals surface area (Å²) in [4.78, 5) is 14.4. The number of hydrogen-bond donors (Lipinski definition) is 1. The third-order valence-corrected chi connectivity index (χ3v) is 4.17. The van der Waals surface area contributed by atoms with E-state index < -0.39 is 0 Å². The lowest BCUT2D eigenvalue weighted by Crippen LogP contribution is -2.32. The second kappa shape index (κ2) is 7.36. The number of benzene rings is 2. The van der Waals surface area contributed by atoms with Gasteiger partial charge in [0.15, 0.2) is 11.5 Å². The number of rotatable bonds is 6. The summed E-state index contributed by atoms with van der Waals surface area (Å²) in [5.41, 5.74) is 8.16. The maximum atomic E-state index is 12.6. The Morgan fingerprint density at radius 3 is 2.67 bits per heavy atom. The van der Waals surface area contributed by atoms with Gasteiger partial charge in [-0.3, -0.25) is 4.79 Å². The summed E-state index contributed by atoms with van der Waals surface area (Å²) in [6, 6.07) is 15.2. The molecular weight excluding hydrogens is 304 g/mol. The van der Waals surface area contributed by atoms with E-state index in [1.807, 2.05) is 55.5 Å². The first-order valence-corrected chi connectivity index (χ1v) is 8.14. The number of nitrogens with two attached hydrogens (primary N) is 1. The Balaban J connectivity index is 1.64. The van der Waals surface area contributed by atoms with Crippen molar-refractivity contribution in [3.05, 3.63) is 59.7 Å². The molecule has 0 saturated heterocycles. The smallest absolute Gasteiger partial charge is 0.231 e. The molecule has 2 N–H and O–H groups in total. The highest BCUT2D eigenvalue weighted by molar-refractivity contribution is 5.77. The van der Waals surface area contributed by atoms with Crippen LogP contribution in [0.25, 0.3) is 0 Å². The van der Waals surface area contributed by atoms with Gasteiger partial charge in [-0.2, -0.15) is 0 Å². The number of carbonyl (C=O) groups is 1. The summed E-state index contributed by atoms with van der Waals surface area (Å²) < 4.78 is 10.7. The highest BCUT2D eigenvalue weighted by Crippen LogP contribution is 2.32. The zero-order chi connectivity index (χ0) is 16.9. The van der Waals surface area contributed by atoms with Crippen molar-refractivity contribution in [2.24, 2.45) is 5.73 Å². The Kier molecular flexibility index (Phi) is 5.01. The van der Waals surface area contributed by atoms with Gasteiger partial charge in [0.1, 0.15) is 0 Å². The topological polar surface area (TPSA) is 64.8 Å². The standard InChI is InChI=1S/C19H22N2O3/c1-2-21(12-14-8-9-17-18(10-14)24-13-23-17)19(22)11-16(20)15-6-4-3-5-7-15/h3-10,16H,2,11-13,20H2,1H3. The van der Waals surface area contributed by atoms with E-state index in [4.69, 9.17) is 15.2 Å². The summed E-state index contributed by atoms with van der Waals surface area (Å²) in [6.07, 6.45) is 0.294. The number of amides is 1. The van der Waals surface area contributed by atoms with Crippen LogP contribution in [0.5, 0.6) is 11.5 Å². The first-order chi connectivity index (χ1) is 11.7. The van der Waals surface area contributed by atoms with Crippen LogP contribution in [0, 0.1) is 0 Å². The first-order valence-electron chi connectivity index (χ1n) is 8.14. The van der Waals surface area contributed by atoms with Crippen LogP contribution in [0.2, 0.25) is 0 Å². The molecule has 0 saturated carbocycles. The van der Waals surface area contributed by atoms with Gasteiger partial charge >= 0.3 is 0 Å². The van der Waals surface area contributed by atoms with Crippen molar-refractivity contribution in [3.63, 3.8) is 0 Å². The Labute approximate surface area is 142 Å². The largest absolute Gasteiger partial charge is 0.454 e. The molecule has 0 aliphatic carbocycles. The fourth-order valence-electron chi connectivity index (χ4n) is 2.77. The molecule has 0 aromatic heterocycles. The molecule has 0 spiro atoms. The molecule has 24 heavy (non-hydrogen) atoms. The Morgan fingerprint density at radius 1 is 1.17 bits per heavy atom. The van der Waals surface area contributed by atoms with Crippen molar-refractivity contribution >= 4 is 5.91 Å². The minimum Gasteiger partial charge on any atom is -0.454 e. The van der Waals surface area contributed by atoms with Crippen molar-refractivity contribution in [2.45, 2.75) is 25.9 Å². The lowest BCUT2D eigenvalue weighted by atomic mass is 10.0. The molecule has 1 atom stereocenters. The van der Waals surface area contributed by atoms with Gasteiger partial charge in [0.2, 0.25) is 12.7 Å². The quantitative estimate of drug-likeness (QED) is 0.886. The summed E-state index contributed by atoms with van der Waals surface area (Å²) in [5.74, 6) is 1.53. The Morgan fingerprint density at radius 2 is 1.92 bits per heavy atom. The van der Waals surface area contributed by atoms with E-state index in [1.165, 1.54) is 0 Å². The molecular formula is C19H22N2O3. The number of ether oxygens (including phenoxy) is 2. The highest BCUT2D eigenvalue weighted by Gasteiger charge is 2.19. The van der Waals surface area contributed by atoms with Crippen molar-refractivity contribution in [1.29, 1.82) is 0 Å². The molecule has 2 aromatic rings. The Hall–Kier alpha value is -2.53. The normalized spacial score (nSPS) is 13.6. The number of carbonyl (C=O) groups excluding carboxylic acids is 1. The van der Waals surface area contributed by atoms with Gasteiger partial charge in [-0.05, 0) is 30.2 Å². The van der Waals surface area contributed by atoms with Gasteiger partial charge in [-0.25, -0.2) is 0 Å². The predicted octanol–water partition coefficient (Wildman–Crippen LogP) is 2.85. The predicted molar refractivity (Wildman–Crippen MR) is 91.6 cm³/mol. The molecule has 0 radical (unpaired) electrons. The van der Waals surface area contributed by atoms with Crippen molar-refractivity contribution < 1.29 is 14.3 Å². The van der Waals surface area contributed by atoms with E-state index in [1.54, 1.807) is 4.90 Å². The van der Waals surface area contributed by atoms with E-state index in [9.17, 15) is 4.79 Å². The molecule has 1 amide bonds. The van der Waals surface area contributed by atoms with Crippen LogP contribution >= 0.6 is 0 Å². The lowest BCUT2D eigenvalue weighted by Gasteiger charge is -2.23. The minimum absolute atomic E-state index is 0.0477. The van der Waals surface area contributed by atoms with E-state index >= 15 is 0 Å². The second-order valence-corrected chi connectivity index (χ2v) is 5.82. The van der Waals surface area contributed by atoms with Gasteiger partial charge in [-0.1, -0.05) is 36.4 Å². The maximum absolute atomic E-state index is 12.6. The first kappa shape index (κ1) is 16.3. The van der Waals surface area contributed by atoms with E-state index in [0.29, 0.717) is 19.5 Å². The fourth-order valence-corrected chi connectivity index (χ4v) is 2.77. The molecule has 1 unspecified atom stereocenters. The fraction of sp³-hybridized carbons (Fsp3) is 0.316. The summed E-state index contributed by atoms with van der Waals surface area (Å²) >= 11 is 0. The van der Waals surface area contributed by atoms with E-state index in [0.717, 1.165) is 22.6 Å². The van der Waals surface area contributed by atoms with Crippen molar-refractivity contribution in [2.75, 3.05) is 13.3 Å². The molecule has 0 fully saturated rings. The van der Waals surface area contributed by atoms with Gasteiger partial charge in [0.25, 0.3) is 0 Å². The third kappa shape index (κ3) is 3.68. The van der Waals surface area contributed by atoms with Crippen molar-refractivity contribution in [1.82, 2.24) is 4.90 Å². The molecule has 126 valence electrons. The average Bonchev–Trinajstić information content (AvgIpc) is 3.08. The zero-order valence-corrected chi connectivity index (χ0v) is 13.8. The molecule has 3 rings (SSSR count). The molecule has 1 aliphatic rings. The summed E-state index contributed by atoms with van der Waals surface area (Å²) in [6.45, 7) is 3.39. The molecule has 0 bridgehead atoms. The van der Waals surface area contributed by atoms with Gasteiger partial charge in [0.05, 0.1) is 0 Å². The second-order valence-electron chi connectivity index (χ2n) is 5.82. The van der Waals surface area contributed by atoms with Crippen LogP contribution in [0.15, 0.2) is 48.5 Å². The van der Waals surface area contributed by atoms with E-state index in [-0.39, 0.29) is 18.7 Å². The SMILES string of the molecule is CCN(Cc1ccc2c(c1)OCO2)C(=O)CC(N)c1ccccc1. The molecule has 2 aromatic carbocycles. The van der Waals surface area contributed by atoms with Crippen LogP contribution in [-0.2, 0) is 11.3 Å². The summed E-state index contributed by atoms with van der Waals surface area (Å²) in [5, 5.41) is 0. The van der Waals surface area contributed by atoms with Crippen molar-refractivity contribution in [3.8, 4) is 11.5 Å². The van der Waals surface area contributed by atoms with Crippen LogP contribution in [0.3, 0.4) is 0 Å². The molecule has 1 heterocycles. The number of fused-ring (bicyclic) bond motifs is 1. The average molecular weight is 326 g/mol. The van der Waals surface area contributed by atoms with Gasteiger partial charge < -0.3 is 20.1 Å². The Bertz CT molecular complexity index is 703. The van der Waals surface area contributed by atoms with Gasteiger partial charge in [-0.15, -0.1) is 0 Å². The van der Waals surface area contributed by atoms with Crippen LogP contribution in [-0.4, -0.2) is 24.1 Å². The molecule has 5 nitrogen and oxygen atoms in total. The molecule has 1 aliphatic heterocycles. The lowest BCUT2D eigenvalue weighted by molar-refractivity contribution is -0.132. The number of hydrogen-bond acceptors (Lipinski definition) is 4. The van der Waals surface area contributed by atoms with E-state index in [2.05, 4.69) is 0 Å². The van der Waals surface area contributed by atoms with Gasteiger partial charge in [0, 0.05) is 25.6 Å². The monoisotopic (exact) mass is 326 g/mol. The molecule has 5 heteroatoms. The highest BCUT2D eigenvalue weighted by atomic mass is 16.7. The number of nitrogens with zero attached hydrogens (tertiary/aromatic N) is 1. The zero-order valence-electron chi connectivity index (χ0n) is 13.8. The third-order valence-electron chi connectivity index (χ3n) is 4.17. The maximum Gasteiger partial charge on any atom is 0.231 e. The van der Waals surface area contributed by atoms with Crippen LogP contribution in [0.4, 0.5) is 0 Å².